The van der Waals surface area contributed by atoms with Crippen LogP contribution in [0.15, 0.2) is 0 Å². The van der Waals surface area contributed by atoms with E-state index in [4.69, 9.17) is 14.2 Å². The van der Waals surface area contributed by atoms with Crippen LogP contribution in [0, 0.1) is 23.7 Å². The molecule has 6 atom stereocenters. The highest BCUT2D eigenvalue weighted by Crippen LogP contribution is 2.67. The summed E-state index contributed by atoms with van der Waals surface area (Å²) in [6.07, 6.45) is 3.23. The average molecular weight is 266 g/mol. The fraction of sp³-hybridized carbons (Fsp3) is 0.857. The highest BCUT2D eigenvalue weighted by molar-refractivity contribution is 5.83. The van der Waals surface area contributed by atoms with Crippen LogP contribution in [0.25, 0.3) is 0 Å². The second-order valence-electron chi connectivity index (χ2n) is 6.38. The van der Waals surface area contributed by atoms with Gasteiger partial charge in [-0.05, 0) is 12.8 Å². The van der Waals surface area contributed by atoms with Crippen LogP contribution in [0.2, 0.25) is 0 Å². The van der Waals surface area contributed by atoms with Crippen molar-refractivity contribution in [3.05, 3.63) is 0 Å². The van der Waals surface area contributed by atoms with Crippen LogP contribution >= 0.6 is 0 Å². The van der Waals surface area contributed by atoms with Crippen molar-refractivity contribution in [1.29, 1.82) is 0 Å². The smallest absolute Gasteiger partial charge is 0.312 e. The minimum absolute atomic E-state index is 0.00648. The van der Waals surface area contributed by atoms with E-state index in [2.05, 4.69) is 6.92 Å². The molecular formula is C14H18O5. The van der Waals surface area contributed by atoms with Crippen LogP contribution in [0.1, 0.15) is 39.5 Å². The van der Waals surface area contributed by atoms with Crippen molar-refractivity contribution in [2.45, 2.75) is 51.1 Å². The van der Waals surface area contributed by atoms with E-state index < -0.39 is 11.6 Å². The maximum atomic E-state index is 12.0. The molecule has 4 rings (SSSR count). The normalized spacial score (nSPS) is 53.4. The lowest BCUT2D eigenvalue weighted by atomic mass is 9.81. The Morgan fingerprint density at radius 3 is 2.58 bits per heavy atom. The quantitative estimate of drug-likeness (QED) is 0.726. The molecule has 0 bridgehead atoms. The summed E-state index contributed by atoms with van der Waals surface area (Å²) in [4.78, 5) is 23.9. The largest absolute Gasteiger partial charge is 0.433 e. The second kappa shape index (κ2) is 3.32. The van der Waals surface area contributed by atoms with Gasteiger partial charge in [-0.1, -0.05) is 13.3 Å². The van der Waals surface area contributed by atoms with Crippen molar-refractivity contribution < 1.29 is 23.8 Å². The molecule has 0 aromatic heterocycles. The molecule has 0 aromatic carbocycles. The van der Waals surface area contributed by atoms with E-state index in [9.17, 15) is 9.59 Å². The maximum Gasteiger partial charge on any atom is 0.312 e. The van der Waals surface area contributed by atoms with Crippen LogP contribution < -0.4 is 0 Å². The van der Waals surface area contributed by atoms with E-state index in [0.29, 0.717) is 12.8 Å². The molecule has 3 aliphatic heterocycles. The molecule has 4 aliphatic rings. The van der Waals surface area contributed by atoms with Gasteiger partial charge in [0.05, 0.1) is 11.8 Å². The van der Waals surface area contributed by atoms with Gasteiger partial charge in [-0.2, -0.15) is 0 Å². The van der Waals surface area contributed by atoms with Crippen molar-refractivity contribution >= 4 is 11.9 Å². The summed E-state index contributed by atoms with van der Waals surface area (Å²) in [5, 5.41) is 0. The number of ether oxygens (including phenoxy) is 3. The van der Waals surface area contributed by atoms with Crippen molar-refractivity contribution in [3.8, 4) is 0 Å². The van der Waals surface area contributed by atoms with E-state index >= 15 is 0 Å². The third kappa shape index (κ3) is 1.20. The molecule has 5 heteroatoms. The number of carbonyl (C=O) groups is 2. The van der Waals surface area contributed by atoms with Crippen molar-refractivity contribution in [2.75, 3.05) is 0 Å². The molecule has 3 saturated heterocycles. The van der Waals surface area contributed by atoms with Gasteiger partial charge in [0.2, 0.25) is 11.6 Å². The minimum atomic E-state index is -0.893. The molecule has 19 heavy (non-hydrogen) atoms. The predicted molar refractivity (Wildman–Crippen MR) is 62.5 cm³/mol. The zero-order valence-corrected chi connectivity index (χ0v) is 11.2. The number of carbonyl (C=O) groups excluding carboxylic acids is 2. The number of hydrogen-bond donors (Lipinski definition) is 0. The Labute approximate surface area is 111 Å². The summed E-state index contributed by atoms with van der Waals surface area (Å²) in [5.74, 6) is -2.52. The van der Waals surface area contributed by atoms with Gasteiger partial charge in [-0.3, -0.25) is 14.3 Å². The summed E-state index contributed by atoms with van der Waals surface area (Å²) < 4.78 is 17.1. The summed E-state index contributed by atoms with van der Waals surface area (Å²) in [6, 6.07) is 0. The predicted octanol–water partition coefficient (Wildman–Crippen LogP) is 1.60. The van der Waals surface area contributed by atoms with E-state index in [1.807, 2.05) is 6.92 Å². The third-order valence-corrected chi connectivity index (χ3v) is 5.31. The van der Waals surface area contributed by atoms with Crippen LogP contribution in [0.5, 0.6) is 0 Å². The molecule has 0 N–H and O–H groups in total. The highest BCUT2D eigenvalue weighted by atomic mass is 16.8. The van der Waals surface area contributed by atoms with Crippen LogP contribution in [-0.4, -0.2) is 23.5 Å². The Hall–Kier alpha value is -1.10. The van der Waals surface area contributed by atoms with Gasteiger partial charge in [-0.25, -0.2) is 0 Å². The topological polar surface area (TPSA) is 61.8 Å². The van der Waals surface area contributed by atoms with Crippen LogP contribution in [0.3, 0.4) is 0 Å². The van der Waals surface area contributed by atoms with Crippen LogP contribution in [-0.2, 0) is 23.8 Å². The maximum absolute atomic E-state index is 12.0. The molecule has 3 heterocycles. The summed E-state index contributed by atoms with van der Waals surface area (Å²) in [5.41, 5.74) is 0. The molecule has 4 fully saturated rings. The lowest BCUT2D eigenvalue weighted by molar-refractivity contribution is -0.289. The summed E-state index contributed by atoms with van der Waals surface area (Å²) in [6.45, 7) is 3.91. The third-order valence-electron chi connectivity index (χ3n) is 5.31. The average Bonchev–Trinajstić information content (AvgIpc) is 2.97. The van der Waals surface area contributed by atoms with E-state index in [0.717, 1.165) is 12.8 Å². The zero-order valence-electron chi connectivity index (χ0n) is 11.2. The molecule has 1 saturated carbocycles. The number of esters is 2. The first-order valence-corrected chi connectivity index (χ1v) is 7.16. The molecule has 0 radical (unpaired) electrons. The van der Waals surface area contributed by atoms with Crippen molar-refractivity contribution in [2.24, 2.45) is 23.7 Å². The van der Waals surface area contributed by atoms with Crippen molar-refractivity contribution in [1.82, 2.24) is 0 Å². The summed E-state index contributed by atoms with van der Waals surface area (Å²) in [7, 11) is 0. The first-order valence-electron chi connectivity index (χ1n) is 7.16. The Kier molecular flexibility index (Phi) is 2.04. The van der Waals surface area contributed by atoms with Gasteiger partial charge in [0.25, 0.3) is 0 Å². The van der Waals surface area contributed by atoms with Gasteiger partial charge in [0, 0.05) is 25.2 Å². The molecule has 104 valence electrons. The summed E-state index contributed by atoms with van der Waals surface area (Å²) >= 11 is 0. The number of hydrogen-bond acceptors (Lipinski definition) is 5. The second-order valence-corrected chi connectivity index (χ2v) is 6.38. The molecule has 5 nitrogen and oxygen atoms in total. The molecular weight excluding hydrogens is 248 g/mol. The zero-order chi connectivity index (χ0) is 13.4. The van der Waals surface area contributed by atoms with Gasteiger partial charge < -0.3 is 9.47 Å². The molecule has 1 aliphatic carbocycles. The number of unbranched alkanes of at least 4 members (excludes halogenated alkanes) is 1. The minimum Gasteiger partial charge on any atom is -0.433 e. The van der Waals surface area contributed by atoms with E-state index in [1.165, 1.54) is 0 Å². The van der Waals surface area contributed by atoms with E-state index in [1.54, 1.807) is 0 Å². The first kappa shape index (κ1) is 11.7. The van der Waals surface area contributed by atoms with Gasteiger partial charge in [0.1, 0.15) is 0 Å². The number of rotatable bonds is 3. The first-order chi connectivity index (χ1) is 9.01. The highest BCUT2D eigenvalue weighted by Gasteiger charge is 2.79. The standard InChI is InChI=1S/C14H18O5/c1-3-4-5-14-10-8(12(16)18-14)6-7-9(10)13(2,19-14)17-11(7)15/h7-10H,3-6H2,1-2H3/t7-,8+,9-,10+,13+,14-/m1/s1. The SMILES string of the molecule is CCCC[C@@]12OC(=O)[C@H]3C[C@H]4C(=O)O[C@@](C)(O1)[C@H]4[C@H]32. The van der Waals surface area contributed by atoms with E-state index in [-0.39, 0.29) is 35.6 Å². The lowest BCUT2D eigenvalue weighted by Gasteiger charge is -2.29. The molecule has 0 unspecified atom stereocenters. The van der Waals surface area contributed by atoms with Gasteiger partial charge >= 0.3 is 11.9 Å². The fourth-order valence-corrected chi connectivity index (χ4v) is 4.69. The van der Waals surface area contributed by atoms with Crippen molar-refractivity contribution in [3.63, 3.8) is 0 Å². The lowest BCUT2D eigenvalue weighted by Crippen LogP contribution is -2.38. The fourth-order valence-electron chi connectivity index (χ4n) is 4.69. The van der Waals surface area contributed by atoms with Crippen LogP contribution in [0.4, 0.5) is 0 Å². The van der Waals surface area contributed by atoms with Gasteiger partial charge in [0.15, 0.2) is 0 Å². The Morgan fingerprint density at radius 1 is 1.16 bits per heavy atom. The Balaban J connectivity index is 1.77. The molecule has 0 amide bonds. The Bertz CT molecular complexity index is 474. The molecule has 0 aromatic rings. The monoisotopic (exact) mass is 266 g/mol. The van der Waals surface area contributed by atoms with Gasteiger partial charge in [-0.15, -0.1) is 0 Å². The molecule has 0 spiro atoms. The Morgan fingerprint density at radius 2 is 1.84 bits per heavy atom.